The van der Waals surface area contributed by atoms with Gasteiger partial charge < -0.3 is 4.90 Å². The highest BCUT2D eigenvalue weighted by Crippen LogP contribution is 2.09. The Morgan fingerprint density at radius 2 is 1.92 bits per heavy atom. The fourth-order valence-electron chi connectivity index (χ4n) is 0.608. The van der Waals surface area contributed by atoms with Crippen LogP contribution >= 0.6 is 15.9 Å². The number of halogens is 1. The Hall–Kier alpha value is -0.970. The molecule has 0 atom stereocenters. The van der Waals surface area contributed by atoms with E-state index < -0.39 is 0 Å². The van der Waals surface area contributed by atoms with Gasteiger partial charge in [0.25, 0.3) is 5.95 Å². The molecule has 0 saturated heterocycles. The van der Waals surface area contributed by atoms with Gasteiger partial charge in [-0.2, -0.15) is 4.99 Å². The number of rotatable bonds is 1. The van der Waals surface area contributed by atoms with E-state index in [1.807, 2.05) is 25.9 Å². The standard InChI is InChI=1S/C8H11BrN4/c1-6(13(2)3)12-8-10-4-7(9)5-11-8/h4-5H,1-3H3. The molecule has 0 unspecified atom stereocenters. The van der Waals surface area contributed by atoms with Crippen molar-refractivity contribution in [2.24, 2.45) is 4.99 Å². The zero-order chi connectivity index (χ0) is 9.84. The Labute approximate surface area is 85.9 Å². The van der Waals surface area contributed by atoms with Gasteiger partial charge in [-0.25, -0.2) is 9.97 Å². The molecule has 13 heavy (non-hydrogen) atoms. The first-order valence-electron chi connectivity index (χ1n) is 3.80. The maximum Gasteiger partial charge on any atom is 0.251 e. The van der Waals surface area contributed by atoms with Crippen LogP contribution in [0.1, 0.15) is 6.92 Å². The highest BCUT2D eigenvalue weighted by molar-refractivity contribution is 9.10. The van der Waals surface area contributed by atoms with E-state index in [9.17, 15) is 0 Å². The zero-order valence-electron chi connectivity index (χ0n) is 7.82. The van der Waals surface area contributed by atoms with E-state index in [1.54, 1.807) is 12.4 Å². The van der Waals surface area contributed by atoms with Crippen LogP contribution in [-0.4, -0.2) is 34.8 Å². The number of amidine groups is 1. The van der Waals surface area contributed by atoms with Gasteiger partial charge in [0.2, 0.25) is 0 Å². The summed E-state index contributed by atoms with van der Waals surface area (Å²) >= 11 is 3.26. The lowest BCUT2D eigenvalue weighted by Crippen LogP contribution is -2.17. The quantitative estimate of drug-likeness (QED) is 0.558. The Bertz CT molecular complexity index is 304. The van der Waals surface area contributed by atoms with E-state index in [1.165, 1.54) is 0 Å². The molecule has 70 valence electrons. The van der Waals surface area contributed by atoms with Crippen molar-refractivity contribution in [3.63, 3.8) is 0 Å². The molecule has 0 bridgehead atoms. The molecule has 4 nitrogen and oxygen atoms in total. The second-order valence-corrected chi connectivity index (χ2v) is 3.67. The average molecular weight is 243 g/mol. The maximum absolute atomic E-state index is 4.20. The second kappa shape index (κ2) is 4.32. The molecule has 1 aromatic rings. The minimum Gasteiger partial charge on any atom is -0.366 e. The number of aromatic nitrogens is 2. The predicted molar refractivity (Wildman–Crippen MR) is 56.2 cm³/mol. The van der Waals surface area contributed by atoms with Crippen molar-refractivity contribution < 1.29 is 0 Å². The minimum atomic E-state index is 0.481. The van der Waals surface area contributed by atoms with E-state index in [0.29, 0.717) is 5.95 Å². The Morgan fingerprint density at radius 1 is 1.38 bits per heavy atom. The molecule has 1 aromatic heterocycles. The van der Waals surface area contributed by atoms with Crippen LogP contribution in [0.3, 0.4) is 0 Å². The molecule has 0 aliphatic carbocycles. The fraction of sp³-hybridized carbons (Fsp3) is 0.375. The molecule has 0 saturated carbocycles. The molecule has 0 aliphatic rings. The molecule has 0 amide bonds. The van der Waals surface area contributed by atoms with E-state index in [-0.39, 0.29) is 0 Å². The van der Waals surface area contributed by atoms with Crippen LogP contribution in [0.5, 0.6) is 0 Å². The van der Waals surface area contributed by atoms with Crippen molar-refractivity contribution in [2.75, 3.05) is 14.1 Å². The van der Waals surface area contributed by atoms with Crippen molar-refractivity contribution in [3.05, 3.63) is 16.9 Å². The Balaban J connectivity index is 2.85. The van der Waals surface area contributed by atoms with Crippen LogP contribution in [0.4, 0.5) is 5.95 Å². The van der Waals surface area contributed by atoms with Gasteiger partial charge in [-0.15, -0.1) is 0 Å². The van der Waals surface area contributed by atoms with Gasteiger partial charge >= 0.3 is 0 Å². The number of aliphatic imine (C=N–C) groups is 1. The van der Waals surface area contributed by atoms with Crippen LogP contribution in [0, 0.1) is 0 Å². The molecule has 5 heteroatoms. The number of hydrogen-bond acceptors (Lipinski definition) is 3. The van der Waals surface area contributed by atoms with E-state index in [2.05, 4.69) is 30.9 Å². The van der Waals surface area contributed by atoms with Gasteiger partial charge in [0.1, 0.15) is 5.84 Å². The van der Waals surface area contributed by atoms with Gasteiger partial charge in [-0.1, -0.05) is 0 Å². The van der Waals surface area contributed by atoms with Crippen molar-refractivity contribution in [1.29, 1.82) is 0 Å². The summed E-state index contributed by atoms with van der Waals surface area (Å²) in [6.07, 6.45) is 3.35. The summed E-state index contributed by atoms with van der Waals surface area (Å²) in [4.78, 5) is 14.2. The van der Waals surface area contributed by atoms with Crippen LogP contribution in [0.25, 0.3) is 0 Å². The first-order chi connectivity index (χ1) is 6.09. The Kier molecular flexibility index (Phi) is 3.36. The van der Waals surface area contributed by atoms with Gasteiger partial charge in [-0.05, 0) is 22.9 Å². The van der Waals surface area contributed by atoms with Crippen molar-refractivity contribution in [1.82, 2.24) is 14.9 Å². The van der Waals surface area contributed by atoms with Gasteiger partial charge in [0.05, 0.1) is 4.47 Å². The van der Waals surface area contributed by atoms with Gasteiger partial charge in [0, 0.05) is 26.5 Å². The fourth-order valence-corrected chi connectivity index (χ4v) is 0.813. The zero-order valence-corrected chi connectivity index (χ0v) is 9.41. The molecule has 1 heterocycles. The topological polar surface area (TPSA) is 41.4 Å². The van der Waals surface area contributed by atoms with Crippen LogP contribution in [-0.2, 0) is 0 Å². The van der Waals surface area contributed by atoms with Crippen LogP contribution in [0.15, 0.2) is 21.9 Å². The third-order valence-electron chi connectivity index (χ3n) is 1.52. The third kappa shape index (κ3) is 3.10. The molecular weight excluding hydrogens is 232 g/mol. The van der Waals surface area contributed by atoms with E-state index in [4.69, 9.17) is 0 Å². The van der Waals surface area contributed by atoms with Gasteiger partial charge in [0.15, 0.2) is 0 Å². The largest absolute Gasteiger partial charge is 0.366 e. The SMILES string of the molecule is CC(=Nc1ncc(Br)cn1)N(C)C. The summed E-state index contributed by atoms with van der Waals surface area (Å²) in [6, 6.07) is 0. The van der Waals surface area contributed by atoms with E-state index in [0.717, 1.165) is 10.3 Å². The molecule has 0 N–H and O–H groups in total. The van der Waals surface area contributed by atoms with Crippen molar-refractivity contribution in [2.45, 2.75) is 6.92 Å². The predicted octanol–water partition coefficient (Wildman–Crippen LogP) is 1.85. The molecular formula is C8H11BrN4. The molecule has 1 rings (SSSR count). The third-order valence-corrected chi connectivity index (χ3v) is 1.93. The van der Waals surface area contributed by atoms with Crippen LogP contribution < -0.4 is 0 Å². The molecule has 0 radical (unpaired) electrons. The summed E-state index contributed by atoms with van der Waals surface area (Å²) < 4.78 is 0.856. The van der Waals surface area contributed by atoms with E-state index >= 15 is 0 Å². The Morgan fingerprint density at radius 3 is 2.38 bits per heavy atom. The first-order valence-corrected chi connectivity index (χ1v) is 4.59. The first kappa shape index (κ1) is 10.1. The summed E-state index contributed by atoms with van der Waals surface area (Å²) in [5, 5.41) is 0. The monoisotopic (exact) mass is 242 g/mol. The molecule has 0 aliphatic heterocycles. The highest BCUT2D eigenvalue weighted by atomic mass is 79.9. The summed E-state index contributed by atoms with van der Waals surface area (Å²) in [7, 11) is 3.86. The smallest absolute Gasteiger partial charge is 0.251 e. The number of nitrogens with zero attached hydrogens (tertiary/aromatic N) is 4. The minimum absolute atomic E-state index is 0.481. The lowest BCUT2D eigenvalue weighted by atomic mass is 10.6. The maximum atomic E-state index is 4.20. The lowest BCUT2D eigenvalue weighted by Gasteiger charge is -2.09. The molecule has 0 aromatic carbocycles. The van der Waals surface area contributed by atoms with Crippen molar-refractivity contribution in [3.8, 4) is 0 Å². The summed E-state index contributed by atoms with van der Waals surface area (Å²) in [5.41, 5.74) is 0. The van der Waals surface area contributed by atoms with Crippen molar-refractivity contribution >= 4 is 27.7 Å². The highest BCUT2D eigenvalue weighted by Gasteiger charge is 1.96. The molecule has 0 fully saturated rings. The van der Waals surface area contributed by atoms with Gasteiger partial charge in [-0.3, -0.25) is 0 Å². The van der Waals surface area contributed by atoms with Crippen LogP contribution in [0.2, 0.25) is 0 Å². The normalized spacial score (nSPS) is 11.5. The second-order valence-electron chi connectivity index (χ2n) is 2.75. The summed E-state index contributed by atoms with van der Waals surface area (Å²) in [5.74, 6) is 1.36. The average Bonchev–Trinajstić information content (AvgIpc) is 2.08. The molecule has 0 spiro atoms. The lowest BCUT2D eigenvalue weighted by molar-refractivity contribution is 0.618. The summed E-state index contributed by atoms with van der Waals surface area (Å²) in [6.45, 7) is 1.91. The number of hydrogen-bond donors (Lipinski definition) is 0.